The van der Waals surface area contributed by atoms with Gasteiger partial charge in [0.05, 0.1) is 17.1 Å². The number of amides is 1. The van der Waals surface area contributed by atoms with Crippen molar-refractivity contribution in [3.05, 3.63) is 39.4 Å². The molecular weight excluding hydrogens is 337 g/mol. The highest BCUT2D eigenvalue weighted by molar-refractivity contribution is 5.98. The van der Waals surface area contributed by atoms with Crippen molar-refractivity contribution >= 4 is 17.6 Å². The summed E-state index contributed by atoms with van der Waals surface area (Å²) in [4.78, 5) is 32.8. The molecule has 24 heavy (non-hydrogen) atoms. The predicted octanol–water partition coefficient (Wildman–Crippen LogP) is 1.99. The average Bonchev–Trinajstić information content (AvgIpc) is 2.45. The molecule has 0 spiro atoms. The summed E-state index contributed by atoms with van der Waals surface area (Å²) in [6.45, 7) is -0.553. The van der Waals surface area contributed by atoms with E-state index in [2.05, 4.69) is 10.1 Å². The van der Waals surface area contributed by atoms with Crippen LogP contribution in [0.15, 0.2) is 18.2 Å². The van der Waals surface area contributed by atoms with Gasteiger partial charge in [-0.3, -0.25) is 14.9 Å². The van der Waals surface area contributed by atoms with Crippen LogP contribution in [0.25, 0.3) is 0 Å². The van der Waals surface area contributed by atoms with Crippen molar-refractivity contribution in [2.75, 3.05) is 13.2 Å². The molecule has 1 aromatic rings. The van der Waals surface area contributed by atoms with Crippen LogP contribution in [0.4, 0.5) is 18.9 Å². The number of carboxylic acid groups (broad SMARTS) is 1. The second-order valence-electron chi connectivity index (χ2n) is 4.84. The van der Waals surface area contributed by atoms with Gasteiger partial charge in [-0.05, 0) is 13.0 Å². The third kappa shape index (κ3) is 6.20. The molecular formula is C13H13F3N2O6. The maximum Gasteiger partial charge on any atom is 0.411 e. The molecule has 0 aromatic heterocycles. The molecule has 0 aliphatic heterocycles. The Morgan fingerprint density at radius 1 is 1.33 bits per heavy atom. The lowest BCUT2D eigenvalue weighted by Crippen LogP contribution is -2.37. The van der Waals surface area contributed by atoms with Gasteiger partial charge < -0.3 is 15.2 Å². The molecule has 1 aromatic carbocycles. The van der Waals surface area contributed by atoms with E-state index in [9.17, 15) is 32.9 Å². The second-order valence-corrected chi connectivity index (χ2v) is 4.84. The molecule has 1 amide bonds. The Morgan fingerprint density at radius 3 is 2.42 bits per heavy atom. The van der Waals surface area contributed by atoms with Crippen LogP contribution < -0.4 is 5.32 Å². The first-order valence-electron chi connectivity index (χ1n) is 6.47. The quantitative estimate of drug-likeness (QED) is 0.573. The van der Waals surface area contributed by atoms with E-state index in [1.54, 1.807) is 0 Å². The number of alkyl halides is 3. The molecule has 0 fully saturated rings. The van der Waals surface area contributed by atoms with Gasteiger partial charge in [0.1, 0.15) is 6.61 Å². The number of non-ortho nitro benzene ring substituents is 1. The van der Waals surface area contributed by atoms with E-state index in [0.717, 1.165) is 18.2 Å². The fourth-order valence-corrected chi connectivity index (χ4v) is 1.67. The number of halogens is 3. The molecule has 132 valence electrons. The summed E-state index contributed by atoms with van der Waals surface area (Å²) in [6.07, 6.45) is -4.50. The van der Waals surface area contributed by atoms with Crippen LogP contribution in [-0.4, -0.2) is 47.3 Å². The molecule has 0 heterocycles. The van der Waals surface area contributed by atoms with Crippen molar-refractivity contribution in [2.24, 2.45) is 0 Å². The minimum atomic E-state index is -4.50. The summed E-state index contributed by atoms with van der Waals surface area (Å²) in [5.41, 5.74) is -1.36. The zero-order valence-electron chi connectivity index (χ0n) is 12.3. The Balaban J connectivity index is 2.80. The zero-order chi connectivity index (χ0) is 18.5. The standard InChI is InChI=1S/C13H13F3N2O6/c1-7(5-24-6-13(14,15)16)17-11(19)8-2-9(12(20)21)4-10(3-8)18(22)23/h2-4,7H,5-6H2,1H3,(H,17,19)(H,20,21). The number of rotatable bonds is 7. The van der Waals surface area contributed by atoms with E-state index in [-0.39, 0.29) is 5.56 Å². The van der Waals surface area contributed by atoms with Crippen LogP contribution in [0.2, 0.25) is 0 Å². The van der Waals surface area contributed by atoms with Crippen LogP contribution in [0.3, 0.4) is 0 Å². The van der Waals surface area contributed by atoms with Crippen molar-refractivity contribution in [1.29, 1.82) is 0 Å². The van der Waals surface area contributed by atoms with Crippen molar-refractivity contribution in [1.82, 2.24) is 5.32 Å². The number of carboxylic acids is 1. The molecule has 1 rings (SSSR count). The third-order valence-electron chi connectivity index (χ3n) is 2.65. The summed E-state index contributed by atoms with van der Waals surface area (Å²) >= 11 is 0. The van der Waals surface area contributed by atoms with Crippen LogP contribution in [0, 0.1) is 10.1 Å². The fourth-order valence-electron chi connectivity index (χ4n) is 1.67. The van der Waals surface area contributed by atoms with E-state index in [1.165, 1.54) is 6.92 Å². The van der Waals surface area contributed by atoms with Crippen LogP contribution in [0.1, 0.15) is 27.6 Å². The van der Waals surface area contributed by atoms with Gasteiger partial charge in [-0.2, -0.15) is 13.2 Å². The largest absolute Gasteiger partial charge is 0.478 e. The SMILES string of the molecule is CC(COCC(F)(F)F)NC(=O)c1cc(C(=O)O)cc([N+](=O)[O-])c1. The van der Waals surface area contributed by atoms with Gasteiger partial charge in [0.25, 0.3) is 11.6 Å². The predicted molar refractivity (Wildman–Crippen MR) is 73.9 cm³/mol. The molecule has 1 atom stereocenters. The molecule has 0 bridgehead atoms. The highest BCUT2D eigenvalue weighted by Gasteiger charge is 2.27. The number of nitro benzene ring substituents is 1. The average molecular weight is 350 g/mol. The normalized spacial score (nSPS) is 12.5. The molecule has 1 unspecified atom stereocenters. The first-order valence-corrected chi connectivity index (χ1v) is 6.47. The lowest BCUT2D eigenvalue weighted by molar-refractivity contribution is -0.384. The van der Waals surface area contributed by atoms with E-state index >= 15 is 0 Å². The molecule has 2 N–H and O–H groups in total. The van der Waals surface area contributed by atoms with Gasteiger partial charge in [0.15, 0.2) is 0 Å². The molecule has 0 radical (unpaired) electrons. The van der Waals surface area contributed by atoms with Crippen LogP contribution in [-0.2, 0) is 4.74 Å². The molecule has 0 aliphatic rings. The van der Waals surface area contributed by atoms with Gasteiger partial charge in [0.2, 0.25) is 0 Å². The number of ether oxygens (including phenoxy) is 1. The smallest absolute Gasteiger partial charge is 0.411 e. The molecule has 11 heteroatoms. The van der Waals surface area contributed by atoms with Gasteiger partial charge in [-0.1, -0.05) is 0 Å². The lowest BCUT2D eigenvalue weighted by atomic mass is 10.1. The topological polar surface area (TPSA) is 119 Å². The number of hydrogen-bond donors (Lipinski definition) is 2. The number of nitrogens with one attached hydrogen (secondary N) is 1. The Kier molecular flexibility index (Phi) is 6.23. The highest BCUT2D eigenvalue weighted by Crippen LogP contribution is 2.18. The Bertz CT molecular complexity index is 615. The summed E-state index contributed by atoms with van der Waals surface area (Å²) < 4.78 is 40.2. The Morgan fingerprint density at radius 2 is 1.92 bits per heavy atom. The first-order chi connectivity index (χ1) is 11.0. The number of nitrogens with zero attached hydrogens (tertiary/aromatic N) is 1. The van der Waals surface area contributed by atoms with Crippen molar-refractivity contribution < 1.29 is 37.5 Å². The number of nitro groups is 1. The highest BCUT2D eigenvalue weighted by atomic mass is 19.4. The Labute approximate surface area is 133 Å². The minimum absolute atomic E-state index is 0.302. The number of benzene rings is 1. The van der Waals surface area contributed by atoms with Gasteiger partial charge in [-0.15, -0.1) is 0 Å². The van der Waals surface area contributed by atoms with Crippen LogP contribution in [0.5, 0.6) is 0 Å². The van der Waals surface area contributed by atoms with Gasteiger partial charge in [-0.25, -0.2) is 4.79 Å². The van der Waals surface area contributed by atoms with Crippen molar-refractivity contribution in [2.45, 2.75) is 19.1 Å². The third-order valence-corrected chi connectivity index (χ3v) is 2.65. The van der Waals surface area contributed by atoms with Crippen molar-refractivity contribution in [3.63, 3.8) is 0 Å². The Hall–Kier alpha value is -2.69. The molecule has 0 saturated carbocycles. The lowest BCUT2D eigenvalue weighted by Gasteiger charge is -2.15. The number of carbonyl (C=O) groups excluding carboxylic acids is 1. The molecule has 0 aliphatic carbocycles. The zero-order valence-corrected chi connectivity index (χ0v) is 12.3. The summed E-state index contributed by atoms with van der Waals surface area (Å²) in [5.74, 6) is -2.33. The summed E-state index contributed by atoms with van der Waals surface area (Å²) in [6, 6.07) is 1.75. The summed E-state index contributed by atoms with van der Waals surface area (Å²) in [5, 5.41) is 21.9. The maximum atomic E-state index is 12.0. The number of hydrogen-bond acceptors (Lipinski definition) is 5. The maximum absolute atomic E-state index is 12.0. The van der Waals surface area contributed by atoms with E-state index in [1.807, 2.05) is 0 Å². The van der Waals surface area contributed by atoms with Gasteiger partial charge in [0, 0.05) is 23.7 Å². The van der Waals surface area contributed by atoms with E-state index < -0.39 is 53.5 Å². The van der Waals surface area contributed by atoms with Crippen molar-refractivity contribution in [3.8, 4) is 0 Å². The number of carbonyl (C=O) groups is 2. The van der Waals surface area contributed by atoms with E-state index in [0.29, 0.717) is 0 Å². The summed E-state index contributed by atoms with van der Waals surface area (Å²) in [7, 11) is 0. The fraction of sp³-hybridized carbons (Fsp3) is 0.385. The van der Waals surface area contributed by atoms with E-state index in [4.69, 9.17) is 5.11 Å². The second kappa shape index (κ2) is 7.73. The van der Waals surface area contributed by atoms with Crippen LogP contribution >= 0.6 is 0 Å². The molecule has 0 saturated heterocycles. The molecule has 8 nitrogen and oxygen atoms in total. The first kappa shape index (κ1) is 19.4. The van der Waals surface area contributed by atoms with Gasteiger partial charge >= 0.3 is 12.1 Å². The minimum Gasteiger partial charge on any atom is -0.478 e. The number of aromatic carboxylic acids is 1. The monoisotopic (exact) mass is 350 g/mol.